The van der Waals surface area contributed by atoms with Crippen molar-refractivity contribution in [2.24, 2.45) is 22.2 Å². The number of aliphatic hydroxyl groups excluding tert-OH is 1. The first kappa shape index (κ1) is 15.1. The summed E-state index contributed by atoms with van der Waals surface area (Å²) in [6.07, 6.45) is 4.49. The van der Waals surface area contributed by atoms with Gasteiger partial charge in [0, 0.05) is 13.1 Å². The molecule has 20 heavy (non-hydrogen) atoms. The molecule has 0 radical (unpaired) electrons. The van der Waals surface area contributed by atoms with E-state index in [0.717, 1.165) is 19.3 Å². The first-order chi connectivity index (χ1) is 9.51. The van der Waals surface area contributed by atoms with Gasteiger partial charge in [0.1, 0.15) is 5.41 Å². The average Bonchev–Trinajstić information content (AvgIpc) is 2.49. The largest absolute Gasteiger partial charge is 0.409 e. The lowest BCUT2D eigenvalue weighted by molar-refractivity contribution is -0.143. The highest BCUT2D eigenvalue weighted by Crippen LogP contribution is 2.39. The van der Waals surface area contributed by atoms with Crippen molar-refractivity contribution in [3.05, 3.63) is 0 Å². The van der Waals surface area contributed by atoms with Gasteiger partial charge in [-0.3, -0.25) is 4.79 Å². The van der Waals surface area contributed by atoms with Gasteiger partial charge in [0.25, 0.3) is 0 Å². The Labute approximate surface area is 119 Å². The highest BCUT2D eigenvalue weighted by atomic mass is 16.4. The highest BCUT2D eigenvalue weighted by Gasteiger charge is 2.47. The summed E-state index contributed by atoms with van der Waals surface area (Å²) in [6, 6.07) is 0. The zero-order valence-corrected chi connectivity index (χ0v) is 12.1. The molecular weight excluding hydrogens is 258 g/mol. The van der Waals surface area contributed by atoms with Crippen LogP contribution in [-0.4, -0.2) is 46.1 Å². The van der Waals surface area contributed by atoms with Crippen LogP contribution in [0.5, 0.6) is 0 Å². The minimum absolute atomic E-state index is 0.0359. The van der Waals surface area contributed by atoms with Gasteiger partial charge in [0.15, 0.2) is 5.84 Å². The van der Waals surface area contributed by atoms with Gasteiger partial charge < -0.3 is 20.9 Å². The second-order valence-corrected chi connectivity index (χ2v) is 6.21. The van der Waals surface area contributed by atoms with E-state index >= 15 is 0 Å². The van der Waals surface area contributed by atoms with Crippen molar-refractivity contribution in [3.8, 4) is 0 Å². The maximum absolute atomic E-state index is 12.9. The summed E-state index contributed by atoms with van der Waals surface area (Å²) in [7, 11) is 0. The maximum Gasteiger partial charge on any atom is 0.236 e. The lowest BCUT2D eigenvalue weighted by Gasteiger charge is -2.42. The minimum atomic E-state index is -0.838. The number of amides is 1. The topological polar surface area (TPSA) is 99.2 Å². The normalized spacial score (nSPS) is 31.1. The van der Waals surface area contributed by atoms with Crippen LogP contribution in [0, 0.1) is 11.3 Å². The standard InChI is InChI=1S/C14H25N3O3/c1-10-9-17(8-5-11(10)18)13(19)14(12(15)16-20)6-3-2-4-7-14/h10-11,18,20H,2-9H2,1H3,(H2,15,16). The zero-order chi connectivity index (χ0) is 14.8. The van der Waals surface area contributed by atoms with Gasteiger partial charge in [-0.05, 0) is 25.2 Å². The second kappa shape index (κ2) is 5.99. The molecular formula is C14H25N3O3. The van der Waals surface area contributed by atoms with Crippen molar-refractivity contribution in [1.82, 2.24) is 4.90 Å². The molecule has 2 aliphatic rings. The van der Waals surface area contributed by atoms with Gasteiger partial charge in [-0.15, -0.1) is 0 Å². The first-order valence-corrected chi connectivity index (χ1v) is 7.46. The fourth-order valence-corrected chi connectivity index (χ4v) is 3.45. The molecule has 0 bridgehead atoms. The summed E-state index contributed by atoms with van der Waals surface area (Å²) in [5.74, 6) is 0.0767. The molecule has 1 heterocycles. The number of nitrogens with zero attached hydrogens (tertiary/aromatic N) is 2. The molecule has 0 aromatic rings. The fraction of sp³-hybridized carbons (Fsp3) is 0.857. The Kier molecular flexibility index (Phi) is 4.52. The molecule has 2 rings (SSSR count). The van der Waals surface area contributed by atoms with Crippen molar-refractivity contribution in [1.29, 1.82) is 0 Å². The van der Waals surface area contributed by atoms with Crippen molar-refractivity contribution in [2.75, 3.05) is 13.1 Å². The van der Waals surface area contributed by atoms with Gasteiger partial charge >= 0.3 is 0 Å². The minimum Gasteiger partial charge on any atom is -0.409 e. The number of hydrogen-bond acceptors (Lipinski definition) is 4. The van der Waals surface area contributed by atoms with Crippen LogP contribution in [0.3, 0.4) is 0 Å². The lowest BCUT2D eigenvalue weighted by Crippen LogP contribution is -2.55. The third-order valence-corrected chi connectivity index (χ3v) is 4.86. The zero-order valence-electron chi connectivity index (χ0n) is 12.1. The number of rotatable bonds is 2. The van der Waals surface area contributed by atoms with Crippen molar-refractivity contribution in [3.63, 3.8) is 0 Å². The highest BCUT2D eigenvalue weighted by molar-refractivity contribution is 6.06. The molecule has 2 fully saturated rings. The Morgan fingerprint density at radius 3 is 2.55 bits per heavy atom. The number of likely N-dealkylation sites (tertiary alicyclic amines) is 1. The molecule has 1 aliphatic heterocycles. The fourth-order valence-electron chi connectivity index (χ4n) is 3.45. The molecule has 114 valence electrons. The number of nitrogens with two attached hydrogens (primary N) is 1. The third kappa shape index (κ3) is 2.61. The van der Waals surface area contributed by atoms with E-state index in [4.69, 9.17) is 10.9 Å². The maximum atomic E-state index is 12.9. The monoisotopic (exact) mass is 283 g/mol. The Morgan fingerprint density at radius 2 is 2.00 bits per heavy atom. The molecule has 1 saturated heterocycles. The van der Waals surface area contributed by atoms with E-state index in [2.05, 4.69) is 5.16 Å². The molecule has 0 aromatic carbocycles. The van der Waals surface area contributed by atoms with E-state index < -0.39 is 5.41 Å². The van der Waals surface area contributed by atoms with Gasteiger partial charge in [0.05, 0.1) is 6.10 Å². The van der Waals surface area contributed by atoms with Gasteiger partial charge in [0.2, 0.25) is 5.91 Å². The van der Waals surface area contributed by atoms with Crippen LogP contribution in [-0.2, 0) is 4.79 Å². The molecule has 0 spiro atoms. The molecule has 6 nitrogen and oxygen atoms in total. The number of carbonyl (C=O) groups is 1. The van der Waals surface area contributed by atoms with E-state index in [1.165, 1.54) is 0 Å². The van der Waals surface area contributed by atoms with Gasteiger partial charge in [-0.25, -0.2) is 0 Å². The van der Waals surface area contributed by atoms with Gasteiger partial charge in [-0.1, -0.05) is 31.3 Å². The number of hydrogen-bond donors (Lipinski definition) is 3. The second-order valence-electron chi connectivity index (χ2n) is 6.21. The number of amidine groups is 1. The number of aliphatic hydroxyl groups is 1. The predicted molar refractivity (Wildman–Crippen MR) is 75.3 cm³/mol. The molecule has 2 unspecified atom stereocenters. The molecule has 2 atom stereocenters. The SMILES string of the molecule is CC1CN(C(=O)C2(C(N)=NO)CCCCC2)CCC1O. The summed E-state index contributed by atoms with van der Waals surface area (Å²) in [4.78, 5) is 14.7. The number of carbonyl (C=O) groups excluding carboxylic acids is 1. The Hall–Kier alpha value is -1.30. The van der Waals surface area contributed by atoms with Crippen LogP contribution >= 0.6 is 0 Å². The molecule has 6 heteroatoms. The number of piperidine rings is 1. The van der Waals surface area contributed by atoms with E-state index in [1.54, 1.807) is 4.90 Å². The Balaban J connectivity index is 2.19. The summed E-state index contributed by atoms with van der Waals surface area (Å²) in [5, 5.41) is 22.0. The van der Waals surface area contributed by atoms with E-state index in [-0.39, 0.29) is 23.8 Å². The smallest absolute Gasteiger partial charge is 0.236 e. The molecule has 0 aromatic heterocycles. The Bertz CT molecular complexity index is 391. The number of oxime groups is 1. The van der Waals surface area contributed by atoms with Crippen molar-refractivity contribution in [2.45, 2.75) is 51.6 Å². The third-order valence-electron chi connectivity index (χ3n) is 4.86. The van der Waals surface area contributed by atoms with Crippen LogP contribution in [0.2, 0.25) is 0 Å². The van der Waals surface area contributed by atoms with Crippen molar-refractivity contribution < 1.29 is 15.1 Å². The van der Waals surface area contributed by atoms with Crippen LogP contribution in [0.1, 0.15) is 45.4 Å². The quantitative estimate of drug-likeness (QED) is 0.303. The van der Waals surface area contributed by atoms with E-state index in [9.17, 15) is 9.90 Å². The molecule has 1 saturated carbocycles. The predicted octanol–water partition coefficient (Wildman–Crippen LogP) is 0.913. The first-order valence-electron chi connectivity index (χ1n) is 7.46. The lowest BCUT2D eigenvalue weighted by atomic mass is 9.71. The summed E-state index contributed by atoms with van der Waals surface area (Å²) < 4.78 is 0. The van der Waals surface area contributed by atoms with Crippen molar-refractivity contribution >= 4 is 11.7 Å². The molecule has 4 N–H and O–H groups in total. The van der Waals surface area contributed by atoms with E-state index in [0.29, 0.717) is 32.4 Å². The van der Waals surface area contributed by atoms with E-state index in [1.807, 2.05) is 6.92 Å². The van der Waals surface area contributed by atoms with Crippen LogP contribution < -0.4 is 5.73 Å². The summed E-state index contributed by atoms with van der Waals surface area (Å²) in [6.45, 7) is 3.03. The molecule has 1 amide bonds. The Morgan fingerprint density at radius 1 is 1.35 bits per heavy atom. The molecule has 1 aliphatic carbocycles. The summed E-state index contributed by atoms with van der Waals surface area (Å²) in [5.41, 5.74) is 5.02. The average molecular weight is 283 g/mol. The van der Waals surface area contributed by atoms with Crippen LogP contribution in [0.4, 0.5) is 0 Å². The van der Waals surface area contributed by atoms with Crippen LogP contribution in [0.25, 0.3) is 0 Å². The summed E-state index contributed by atoms with van der Waals surface area (Å²) >= 11 is 0. The van der Waals surface area contributed by atoms with Crippen LogP contribution in [0.15, 0.2) is 5.16 Å². The van der Waals surface area contributed by atoms with Gasteiger partial charge in [-0.2, -0.15) is 0 Å².